The molecule has 0 bridgehead atoms. The van der Waals surface area contributed by atoms with Crippen molar-refractivity contribution in [3.63, 3.8) is 0 Å². The summed E-state index contributed by atoms with van der Waals surface area (Å²) < 4.78 is 1.38. The zero-order valence-corrected chi connectivity index (χ0v) is 11.9. The van der Waals surface area contributed by atoms with Crippen molar-refractivity contribution in [2.24, 2.45) is 5.92 Å². The summed E-state index contributed by atoms with van der Waals surface area (Å²) in [5, 5.41) is 8.44. The summed E-state index contributed by atoms with van der Waals surface area (Å²) in [6.07, 6.45) is 6.65. The average molecular weight is 278 g/mol. The van der Waals surface area contributed by atoms with Gasteiger partial charge in [-0.05, 0) is 25.7 Å². The van der Waals surface area contributed by atoms with E-state index in [0.717, 1.165) is 23.3 Å². The third-order valence-electron chi connectivity index (χ3n) is 3.64. The van der Waals surface area contributed by atoms with Gasteiger partial charge in [0.2, 0.25) is 10.1 Å². The van der Waals surface area contributed by atoms with Gasteiger partial charge < -0.3 is 5.32 Å². The zero-order chi connectivity index (χ0) is 13.2. The molecule has 0 spiro atoms. The highest BCUT2D eigenvalue weighted by Gasteiger charge is 2.14. The molecule has 3 rings (SSSR count). The minimum absolute atomic E-state index is 0.107. The van der Waals surface area contributed by atoms with E-state index < -0.39 is 0 Å². The quantitative estimate of drug-likeness (QED) is 0.937. The van der Waals surface area contributed by atoms with Gasteiger partial charge in [0.15, 0.2) is 0 Å². The summed E-state index contributed by atoms with van der Waals surface area (Å²) in [6, 6.07) is 1.51. The molecular formula is C13H18N4OS. The van der Waals surface area contributed by atoms with E-state index in [1.54, 1.807) is 0 Å². The molecule has 0 aromatic carbocycles. The highest BCUT2D eigenvalue weighted by molar-refractivity contribution is 7.20. The largest absolute Gasteiger partial charge is 0.360 e. The van der Waals surface area contributed by atoms with Gasteiger partial charge in [-0.3, -0.25) is 4.79 Å². The molecular weight excluding hydrogens is 260 g/mol. The van der Waals surface area contributed by atoms with Crippen LogP contribution in [0.25, 0.3) is 4.96 Å². The Balaban J connectivity index is 1.74. The lowest BCUT2D eigenvalue weighted by molar-refractivity contribution is 0.373. The molecule has 102 valence electrons. The van der Waals surface area contributed by atoms with E-state index >= 15 is 0 Å². The van der Waals surface area contributed by atoms with Gasteiger partial charge in [-0.15, -0.1) is 5.10 Å². The van der Waals surface area contributed by atoms with Crippen molar-refractivity contribution in [2.75, 3.05) is 11.9 Å². The number of nitrogens with one attached hydrogen (secondary N) is 1. The smallest absolute Gasteiger partial charge is 0.275 e. The molecule has 1 fully saturated rings. The van der Waals surface area contributed by atoms with E-state index in [2.05, 4.69) is 15.4 Å². The maximum atomic E-state index is 11.8. The van der Waals surface area contributed by atoms with Gasteiger partial charge in [0, 0.05) is 18.3 Å². The van der Waals surface area contributed by atoms with E-state index in [0.29, 0.717) is 4.96 Å². The Kier molecular flexibility index (Phi) is 3.50. The molecule has 1 saturated carbocycles. The van der Waals surface area contributed by atoms with Crippen molar-refractivity contribution in [3.05, 3.63) is 22.1 Å². The molecule has 6 heteroatoms. The summed E-state index contributed by atoms with van der Waals surface area (Å²) in [6.45, 7) is 2.78. The van der Waals surface area contributed by atoms with Crippen LogP contribution >= 0.6 is 11.3 Å². The maximum absolute atomic E-state index is 11.8. The molecule has 5 nitrogen and oxygen atoms in total. The monoisotopic (exact) mass is 278 g/mol. The third kappa shape index (κ3) is 2.78. The van der Waals surface area contributed by atoms with E-state index in [-0.39, 0.29) is 5.56 Å². The molecule has 2 heterocycles. The van der Waals surface area contributed by atoms with Crippen LogP contribution in [0.5, 0.6) is 0 Å². The maximum Gasteiger partial charge on any atom is 0.275 e. The Labute approximate surface area is 115 Å². The van der Waals surface area contributed by atoms with Crippen molar-refractivity contribution >= 4 is 21.4 Å². The van der Waals surface area contributed by atoms with E-state index in [9.17, 15) is 4.79 Å². The van der Waals surface area contributed by atoms with Gasteiger partial charge in [0.1, 0.15) is 0 Å². The van der Waals surface area contributed by atoms with Crippen LogP contribution in [0.3, 0.4) is 0 Å². The van der Waals surface area contributed by atoms with Crippen molar-refractivity contribution in [2.45, 2.75) is 39.0 Å². The van der Waals surface area contributed by atoms with Crippen LogP contribution in [0.2, 0.25) is 0 Å². The number of hydrogen-bond acceptors (Lipinski definition) is 5. The lowest BCUT2D eigenvalue weighted by Crippen LogP contribution is -2.18. The van der Waals surface area contributed by atoms with Gasteiger partial charge >= 0.3 is 0 Å². The first-order chi connectivity index (χ1) is 9.22. The highest BCUT2D eigenvalue weighted by atomic mass is 32.1. The molecule has 1 N–H and O–H groups in total. The molecule has 2 aromatic heterocycles. The lowest BCUT2D eigenvalue weighted by Gasteiger charge is -2.21. The summed E-state index contributed by atoms with van der Waals surface area (Å²) >= 11 is 1.44. The molecule has 0 aliphatic heterocycles. The Morgan fingerprint density at radius 2 is 2.21 bits per heavy atom. The molecule has 2 aromatic rings. The fourth-order valence-corrected chi connectivity index (χ4v) is 3.47. The Bertz CT molecular complexity index is 627. The van der Waals surface area contributed by atoms with Crippen LogP contribution in [0.15, 0.2) is 10.9 Å². The summed E-state index contributed by atoms with van der Waals surface area (Å²) in [5.74, 6) is 0.743. The molecule has 1 aliphatic carbocycles. The summed E-state index contributed by atoms with van der Waals surface area (Å²) in [7, 11) is 0. The molecule has 1 aliphatic rings. The number of aryl methyl sites for hydroxylation is 1. The van der Waals surface area contributed by atoms with E-state index in [4.69, 9.17) is 0 Å². The standard InChI is InChI=1S/C13H18N4OS/c1-9-7-11(18)17-13(15-9)19-12(16-17)14-8-10-5-3-2-4-6-10/h7,10H,2-6,8H2,1H3,(H,14,16). The SMILES string of the molecule is Cc1cc(=O)n2nc(NCC3CCCCC3)sc2n1. The molecule has 19 heavy (non-hydrogen) atoms. The van der Waals surface area contributed by atoms with Crippen molar-refractivity contribution in [1.29, 1.82) is 0 Å². The predicted molar refractivity (Wildman–Crippen MR) is 76.9 cm³/mol. The number of hydrogen-bond donors (Lipinski definition) is 1. The topological polar surface area (TPSA) is 59.3 Å². The Morgan fingerprint density at radius 3 is 3.00 bits per heavy atom. The number of nitrogens with zero attached hydrogens (tertiary/aromatic N) is 3. The van der Waals surface area contributed by atoms with Crippen molar-refractivity contribution in [3.8, 4) is 0 Å². The molecule has 0 amide bonds. The predicted octanol–water partition coefficient (Wildman–Crippen LogP) is 2.45. The second kappa shape index (κ2) is 5.28. The van der Waals surface area contributed by atoms with Crippen LogP contribution in [-0.4, -0.2) is 21.1 Å². The molecule has 0 radical (unpaired) electrons. The first-order valence-electron chi connectivity index (χ1n) is 6.84. The average Bonchev–Trinajstić information content (AvgIpc) is 2.81. The number of anilines is 1. The number of aromatic nitrogens is 3. The highest BCUT2D eigenvalue weighted by Crippen LogP contribution is 2.24. The first kappa shape index (κ1) is 12.6. The van der Waals surface area contributed by atoms with Gasteiger partial charge in [0.05, 0.1) is 0 Å². The summed E-state index contributed by atoms with van der Waals surface area (Å²) in [5.41, 5.74) is 0.636. The molecule has 0 atom stereocenters. The molecule has 0 saturated heterocycles. The van der Waals surface area contributed by atoms with Crippen LogP contribution in [-0.2, 0) is 0 Å². The van der Waals surface area contributed by atoms with Crippen molar-refractivity contribution < 1.29 is 0 Å². The van der Waals surface area contributed by atoms with Gasteiger partial charge in [-0.25, -0.2) is 4.98 Å². The van der Waals surface area contributed by atoms with Crippen LogP contribution in [0.1, 0.15) is 37.8 Å². The lowest BCUT2D eigenvalue weighted by atomic mass is 9.89. The van der Waals surface area contributed by atoms with Gasteiger partial charge in [-0.1, -0.05) is 30.6 Å². The Morgan fingerprint density at radius 1 is 1.42 bits per heavy atom. The number of rotatable bonds is 3. The van der Waals surface area contributed by atoms with E-state index in [1.807, 2.05) is 6.92 Å². The normalized spacial score (nSPS) is 16.9. The molecule has 0 unspecified atom stereocenters. The Hall–Kier alpha value is -1.43. The minimum Gasteiger partial charge on any atom is -0.360 e. The van der Waals surface area contributed by atoms with Gasteiger partial charge in [-0.2, -0.15) is 4.52 Å². The summed E-state index contributed by atoms with van der Waals surface area (Å²) in [4.78, 5) is 16.8. The zero-order valence-electron chi connectivity index (χ0n) is 11.1. The van der Waals surface area contributed by atoms with Gasteiger partial charge in [0.25, 0.3) is 5.56 Å². The minimum atomic E-state index is -0.107. The van der Waals surface area contributed by atoms with Crippen LogP contribution in [0.4, 0.5) is 5.13 Å². The van der Waals surface area contributed by atoms with Crippen LogP contribution in [0, 0.1) is 12.8 Å². The van der Waals surface area contributed by atoms with Crippen molar-refractivity contribution in [1.82, 2.24) is 14.6 Å². The van der Waals surface area contributed by atoms with Crippen LogP contribution < -0.4 is 10.9 Å². The van der Waals surface area contributed by atoms with E-state index in [1.165, 1.54) is 54.0 Å². The third-order valence-corrected chi connectivity index (χ3v) is 4.51. The fourth-order valence-electron chi connectivity index (χ4n) is 2.61. The second-order valence-corrected chi connectivity index (χ2v) is 6.18. The second-order valence-electron chi connectivity index (χ2n) is 5.22. The number of fused-ring (bicyclic) bond motifs is 1. The first-order valence-corrected chi connectivity index (χ1v) is 7.65. The fraction of sp³-hybridized carbons (Fsp3) is 0.615.